The Hall–Kier alpha value is -0.0800. The molecule has 0 aromatic rings. The van der Waals surface area contributed by atoms with Gasteiger partial charge in [0.2, 0.25) is 0 Å². The van der Waals surface area contributed by atoms with E-state index < -0.39 is 0 Å². The zero-order valence-corrected chi connectivity index (χ0v) is 5.09. The van der Waals surface area contributed by atoms with Crippen LogP contribution >= 0.6 is 0 Å². The first-order chi connectivity index (χ1) is 3.69. The van der Waals surface area contributed by atoms with Crippen LogP contribution in [0.5, 0.6) is 0 Å². The van der Waals surface area contributed by atoms with Crippen molar-refractivity contribution < 1.29 is 10.2 Å². The van der Waals surface area contributed by atoms with Gasteiger partial charge < -0.3 is 10.2 Å². The lowest BCUT2D eigenvalue weighted by molar-refractivity contribution is 0.191. The van der Waals surface area contributed by atoms with Crippen LogP contribution in [0.15, 0.2) is 0 Å². The Labute approximate surface area is 49.1 Å². The molecule has 0 aromatic heterocycles. The third-order valence-corrected chi connectivity index (χ3v) is 1.99. The summed E-state index contributed by atoms with van der Waals surface area (Å²) < 4.78 is 0. The fourth-order valence-corrected chi connectivity index (χ4v) is 0.907. The highest BCUT2D eigenvalue weighted by Gasteiger charge is 2.48. The number of aliphatic hydroxyl groups excluding tert-OH is 2. The van der Waals surface area contributed by atoms with E-state index in [1.807, 2.05) is 6.92 Å². The van der Waals surface area contributed by atoms with E-state index in [9.17, 15) is 0 Å². The molecule has 0 saturated heterocycles. The molecule has 48 valence electrons. The zero-order chi connectivity index (χ0) is 6.20. The third kappa shape index (κ3) is 0.858. The maximum absolute atomic E-state index is 8.91. The minimum atomic E-state index is -0.144. The maximum atomic E-state index is 8.91. The van der Waals surface area contributed by atoms with Crippen molar-refractivity contribution in [3.05, 3.63) is 0 Å². The van der Waals surface area contributed by atoms with Crippen LogP contribution in [0, 0.1) is 5.41 Å². The molecule has 0 spiro atoms. The van der Waals surface area contributed by atoms with Crippen LogP contribution < -0.4 is 0 Å². The Morgan fingerprint density at radius 3 is 2.38 bits per heavy atom. The van der Waals surface area contributed by atoms with E-state index in [4.69, 9.17) is 10.2 Å². The minimum absolute atomic E-state index is 0.0642. The van der Waals surface area contributed by atoms with E-state index in [0.717, 1.165) is 12.8 Å². The van der Waals surface area contributed by atoms with Crippen molar-refractivity contribution >= 4 is 0 Å². The molecular weight excluding hydrogens is 104 g/mol. The summed E-state index contributed by atoms with van der Waals surface area (Å²) >= 11 is 0. The van der Waals surface area contributed by atoms with Crippen LogP contribution in [0.2, 0.25) is 0 Å². The molecular formula is C6H12O2. The lowest BCUT2D eigenvalue weighted by Gasteiger charge is -2.02. The number of hydrogen-bond acceptors (Lipinski definition) is 2. The van der Waals surface area contributed by atoms with Gasteiger partial charge in [-0.1, -0.05) is 6.92 Å². The van der Waals surface area contributed by atoms with E-state index >= 15 is 0 Å². The Bertz CT molecular complexity index is 92.5. The number of hydrogen-bond donors (Lipinski definition) is 2. The first-order valence-corrected chi connectivity index (χ1v) is 2.98. The van der Waals surface area contributed by atoms with Crippen LogP contribution in [0.1, 0.15) is 19.8 Å². The van der Waals surface area contributed by atoms with Gasteiger partial charge in [-0.15, -0.1) is 0 Å². The summed E-state index contributed by atoms with van der Waals surface area (Å²) in [5.74, 6) is 0. The fourth-order valence-electron chi connectivity index (χ4n) is 0.907. The minimum Gasteiger partial charge on any atom is -0.396 e. The highest BCUT2D eigenvalue weighted by Crippen LogP contribution is 2.47. The number of aliphatic hydroxyl groups is 2. The molecule has 0 radical (unpaired) electrons. The van der Waals surface area contributed by atoms with Crippen molar-refractivity contribution in [2.75, 3.05) is 6.61 Å². The molecule has 0 unspecified atom stereocenters. The molecule has 0 amide bonds. The average molecular weight is 116 g/mol. The van der Waals surface area contributed by atoms with Gasteiger partial charge in [0.15, 0.2) is 0 Å². The SMILES string of the molecule is C[C@]1(CCO)C[C@@H]1O. The van der Waals surface area contributed by atoms with Crippen LogP contribution in [0.4, 0.5) is 0 Å². The molecule has 1 rings (SSSR count). The number of rotatable bonds is 2. The second-order valence-corrected chi connectivity index (χ2v) is 2.85. The Morgan fingerprint density at radius 1 is 1.75 bits per heavy atom. The van der Waals surface area contributed by atoms with Gasteiger partial charge in [-0.2, -0.15) is 0 Å². The van der Waals surface area contributed by atoms with Gasteiger partial charge in [-0.05, 0) is 18.3 Å². The Morgan fingerprint density at radius 2 is 2.25 bits per heavy atom. The normalized spacial score (nSPS) is 44.6. The average Bonchev–Trinajstić information content (AvgIpc) is 2.16. The van der Waals surface area contributed by atoms with E-state index in [2.05, 4.69) is 0 Å². The van der Waals surface area contributed by atoms with E-state index in [1.165, 1.54) is 0 Å². The Balaban J connectivity index is 2.25. The van der Waals surface area contributed by atoms with Crippen LogP contribution in [0.3, 0.4) is 0 Å². The lowest BCUT2D eigenvalue weighted by Crippen LogP contribution is -2.02. The highest BCUT2D eigenvalue weighted by molar-refractivity contribution is 4.98. The van der Waals surface area contributed by atoms with Gasteiger partial charge in [0.05, 0.1) is 6.10 Å². The molecule has 0 bridgehead atoms. The van der Waals surface area contributed by atoms with E-state index in [-0.39, 0.29) is 18.1 Å². The fraction of sp³-hybridized carbons (Fsp3) is 1.00. The largest absolute Gasteiger partial charge is 0.396 e. The van der Waals surface area contributed by atoms with Crippen LogP contribution in [-0.2, 0) is 0 Å². The second-order valence-electron chi connectivity index (χ2n) is 2.85. The van der Waals surface area contributed by atoms with Gasteiger partial charge in [0.25, 0.3) is 0 Å². The topological polar surface area (TPSA) is 40.5 Å². The van der Waals surface area contributed by atoms with Gasteiger partial charge in [-0.3, -0.25) is 0 Å². The maximum Gasteiger partial charge on any atom is 0.0601 e. The molecule has 1 saturated carbocycles. The molecule has 8 heavy (non-hydrogen) atoms. The lowest BCUT2D eigenvalue weighted by atomic mass is 10.1. The van der Waals surface area contributed by atoms with E-state index in [0.29, 0.717) is 0 Å². The van der Waals surface area contributed by atoms with Crippen molar-refractivity contribution in [1.29, 1.82) is 0 Å². The summed E-state index contributed by atoms with van der Waals surface area (Å²) in [6.45, 7) is 2.20. The molecule has 2 atom stereocenters. The standard InChI is InChI=1S/C6H12O2/c1-6(2-3-7)4-5(6)8/h5,7-8H,2-4H2,1H3/t5-,6-/m0/s1. The van der Waals surface area contributed by atoms with Crippen molar-refractivity contribution in [2.45, 2.75) is 25.9 Å². The predicted octanol–water partition coefficient (Wildman–Crippen LogP) is 0.140. The molecule has 1 fully saturated rings. The quantitative estimate of drug-likeness (QED) is 0.538. The summed E-state index contributed by atoms with van der Waals surface area (Å²) in [6.07, 6.45) is 1.47. The van der Waals surface area contributed by atoms with Crippen molar-refractivity contribution in [3.8, 4) is 0 Å². The van der Waals surface area contributed by atoms with Gasteiger partial charge >= 0.3 is 0 Å². The molecule has 0 aliphatic heterocycles. The molecule has 2 nitrogen and oxygen atoms in total. The van der Waals surface area contributed by atoms with E-state index in [1.54, 1.807) is 0 Å². The first kappa shape index (κ1) is 6.05. The summed E-state index contributed by atoms with van der Waals surface area (Å²) in [5.41, 5.74) is 0.0642. The van der Waals surface area contributed by atoms with Crippen LogP contribution in [0.25, 0.3) is 0 Å². The monoisotopic (exact) mass is 116 g/mol. The smallest absolute Gasteiger partial charge is 0.0601 e. The summed E-state index contributed by atoms with van der Waals surface area (Å²) in [7, 11) is 0. The van der Waals surface area contributed by atoms with Crippen LogP contribution in [-0.4, -0.2) is 22.9 Å². The van der Waals surface area contributed by atoms with Crippen molar-refractivity contribution in [2.24, 2.45) is 5.41 Å². The van der Waals surface area contributed by atoms with Gasteiger partial charge in [0, 0.05) is 6.61 Å². The molecule has 1 aliphatic carbocycles. The third-order valence-electron chi connectivity index (χ3n) is 1.99. The van der Waals surface area contributed by atoms with Crippen molar-refractivity contribution in [3.63, 3.8) is 0 Å². The Kier molecular flexibility index (Phi) is 1.29. The predicted molar refractivity (Wildman–Crippen MR) is 30.4 cm³/mol. The summed E-state index contributed by atoms with van der Waals surface area (Å²) in [6, 6.07) is 0. The highest BCUT2D eigenvalue weighted by atomic mass is 16.3. The first-order valence-electron chi connectivity index (χ1n) is 2.98. The second kappa shape index (κ2) is 1.71. The molecule has 0 aromatic carbocycles. The van der Waals surface area contributed by atoms with Gasteiger partial charge in [0.1, 0.15) is 0 Å². The molecule has 0 heterocycles. The molecule has 2 heteroatoms. The molecule has 2 N–H and O–H groups in total. The van der Waals surface area contributed by atoms with Gasteiger partial charge in [-0.25, -0.2) is 0 Å². The zero-order valence-electron chi connectivity index (χ0n) is 5.09. The van der Waals surface area contributed by atoms with Crippen molar-refractivity contribution in [1.82, 2.24) is 0 Å². The molecule has 1 aliphatic rings. The summed E-state index contributed by atoms with van der Waals surface area (Å²) in [4.78, 5) is 0. The summed E-state index contributed by atoms with van der Waals surface area (Å²) in [5, 5.41) is 17.4.